The minimum absolute atomic E-state index is 0.0582. The first-order valence-corrected chi connectivity index (χ1v) is 6.69. The van der Waals surface area contributed by atoms with Gasteiger partial charge in [-0.15, -0.1) is 0 Å². The van der Waals surface area contributed by atoms with Crippen LogP contribution < -0.4 is 10.6 Å². The van der Waals surface area contributed by atoms with Crippen molar-refractivity contribution >= 4 is 22.4 Å². The van der Waals surface area contributed by atoms with Crippen molar-refractivity contribution in [2.24, 2.45) is 11.7 Å². The zero-order valence-corrected chi connectivity index (χ0v) is 11.1. The normalized spacial score (nSPS) is 24.5. The highest BCUT2D eigenvalue weighted by Gasteiger charge is 2.36. The molecule has 1 aromatic heterocycles. The monoisotopic (exact) mass is 293 g/mol. The van der Waals surface area contributed by atoms with Gasteiger partial charge in [0.2, 0.25) is 5.91 Å². The maximum absolute atomic E-state index is 12.5. The van der Waals surface area contributed by atoms with Gasteiger partial charge in [-0.05, 0) is 19.8 Å². The van der Waals surface area contributed by atoms with Crippen LogP contribution in [0.3, 0.4) is 0 Å². The molecule has 4 nitrogen and oxygen atoms in total. The van der Waals surface area contributed by atoms with Gasteiger partial charge in [0.25, 0.3) is 0 Å². The number of nitrogens with zero attached hydrogens (tertiary/aromatic N) is 2. The van der Waals surface area contributed by atoms with Crippen LogP contribution in [0.2, 0.25) is 0 Å². The van der Waals surface area contributed by atoms with Gasteiger partial charge >= 0.3 is 6.18 Å². The van der Waals surface area contributed by atoms with Crippen molar-refractivity contribution in [3.8, 4) is 0 Å². The van der Waals surface area contributed by atoms with Gasteiger partial charge in [-0.2, -0.15) is 13.2 Å². The highest BCUT2D eigenvalue weighted by atomic mass is 32.1. The average molecular weight is 293 g/mol. The fourth-order valence-electron chi connectivity index (χ4n) is 2.13. The Labute approximate surface area is 112 Å². The molecule has 19 heavy (non-hydrogen) atoms. The number of halogens is 3. The lowest BCUT2D eigenvalue weighted by atomic mass is 9.93. The number of piperidine rings is 1. The summed E-state index contributed by atoms with van der Waals surface area (Å²) in [5, 5.41) is 0.297. The number of hydrogen-bond acceptors (Lipinski definition) is 4. The Morgan fingerprint density at radius 3 is 2.74 bits per heavy atom. The summed E-state index contributed by atoms with van der Waals surface area (Å²) in [6.07, 6.45) is -2.16. The number of rotatable bonds is 2. The SMILES string of the molecule is CC1CCC(C(N)=O)CN1c1ncc(C(F)(F)F)s1. The number of carbonyl (C=O) groups excluding carboxylic acids is 1. The van der Waals surface area contributed by atoms with E-state index < -0.39 is 17.0 Å². The summed E-state index contributed by atoms with van der Waals surface area (Å²) >= 11 is 0.602. The van der Waals surface area contributed by atoms with Gasteiger partial charge in [0, 0.05) is 12.6 Å². The summed E-state index contributed by atoms with van der Waals surface area (Å²) in [6.45, 7) is 2.24. The van der Waals surface area contributed by atoms with E-state index in [-0.39, 0.29) is 12.0 Å². The van der Waals surface area contributed by atoms with Crippen LogP contribution in [0.5, 0.6) is 0 Å². The molecule has 2 N–H and O–H groups in total. The molecule has 0 spiro atoms. The van der Waals surface area contributed by atoms with E-state index in [1.54, 1.807) is 4.90 Å². The van der Waals surface area contributed by atoms with Gasteiger partial charge < -0.3 is 10.6 Å². The van der Waals surface area contributed by atoms with Gasteiger partial charge in [0.15, 0.2) is 5.13 Å². The third-order valence-corrected chi connectivity index (χ3v) is 4.38. The van der Waals surface area contributed by atoms with E-state index in [0.717, 1.165) is 6.20 Å². The third kappa shape index (κ3) is 2.99. The molecule has 0 saturated carbocycles. The molecule has 2 unspecified atom stereocenters. The Balaban J connectivity index is 2.19. The number of primary amides is 1. The number of thiazole rings is 1. The van der Waals surface area contributed by atoms with Gasteiger partial charge in [0.05, 0.1) is 12.1 Å². The second kappa shape index (κ2) is 4.99. The molecule has 1 aromatic rings. The maximum Gasteiger partial charge on any atom is 0.427 e. The third-order valence-electron chi connectivity index (χ3n) is 3.30. The van der Waals surface area contributed by atoms with E-state index in [2.05, 4.69) is 4.98 Å². The first-order valence-electron chi connectivity index (χ1n) is 5.88. The van der Waals surface area contributed by atoms with Crippen LogP contribution in [0.1, 0.15) is 24.6 Å². The second-order valence-corrected chi connectivity index (χ2v) is 5.69. The molecule has 0 aromatic carbocycles. The Morgan fingerprint density at radius 1 is 1.53 bits per heavy atom. The van der Waals surface area contributed by atoms with E-state index >= 15 is 0 Å². The lowest BCUT2D eigenvalue weighted by Crippen LogP contribution is -2.45. The average Bonchev–Trinajstić information content (AvgIpc) is 2.78. The molecular formula is C11H14F3N3OS. The molecule has 1 amide bonds. The molecule has 0 aliphatic carbocycles. The molecule has 2 rings (SSSR count). The minimum Gasteiger partial charge on any atom is -0.369 e. The first-order chi connectivity index (χ1) is 8.79. The van der Waals surface area contributed by atoms with Crippen molar-refractivity contribution in [3.63, 3.8) is 0 Å². The van der Waals surface area contributed by atoms with E-state index in [0.29, 0.717) is 35.9 Å². The van der Waals surface area contributed by atoms with Crippen LogP contribution >= 0.6 is 11.3 Å². The molecule has 1 saturated heterocycles. The molecule has 2 atom stereocenters. The van der Waals surface area contributed by atoms with Gasteiger partial charge in [0.1, 0.15) is 4.88 Å². The molecule has 106 valence electrons. The van der Waals surface area contributed by atoms with E-state index in [1.807, 2.05) is 6.92 Å². The van der Waals surface area contributed by atoms with E-state index in [4.69, 9.17) is 5.73 Å². The Hall–Kier alpha value is -1.31. The van der Waals surface area contributed by atoms with Gasteiger partial charge in [-0.3, -0.25) is 4.79 Å². The first kappa shape index (κ1) is 14.1. The fourth-order valence-corrected chi connectivity index (χ4v) is 3.03. The highest BCUT2D eigenvalue weighted by molar-refractivity contribution is 7.15. The summed E-state index contributed by atoms with van der Waals surface area (Å²) in [5.74, 6) is -0.737. The Bertz CT molecular complexity index is 474. The van der Waals surface area contributed by atoms with Crippen LogP contribution in [-0.4, -0.2) is 23.5 Å². The Morgan fingerprint density at radius 2 is 2.21 bits per heavy atom. The molecule has 0 bridgehead atoms. The molecular weight excluding hydrogens is 279 g/mol. The zero-order valence-electron chi connectivity index (χ0n) is 10.3. The number of hydrogen-bond donors (Lipinski definition) is 1. The predicted octanol–water partition coefficient (Wildman–Crippen LogP) is 2.25. The second-order valence-electron chi connectivity index (χ2n) is 4.68. The van der Waals surface area contributed by atoms with Crippen LogP contribution in [0, 0.1) is 5.92 Å². The quantitative estimate of drug-likeness (QED) is 0.910. The van der Waals surface area contributed by atoms with E-state index in [9.17, 15) is 18.0 Å². The van der Waals surface area contributed by atoms with Crippen molar-refractivity contribution in [3.05, 3.63) is 11.1 Å². The number of nitrogens with two attached hydrogens (primary N) is 1. The van der Waals surface area contributed by atoms with Crippen molar-refractivity contribution in [1.29, 1.82) is 0 Å². The number of amides is 1. The lowest BCUT2D eigenvalue weighted by Gasteiger charge is -2.36. The number of carbonyl (C=O) groups is 1. The molecule has 0 radical (unpaired) electrons. The van der Waals surface area contributed by atoms with Gasteiger partial charge in [-0.1, -0.05) is 11.3 Å². The lowest BCUT2D eigenvalue weighted by molar-refractivity contribution is -0.134. The summed E-state index contributed by atoms with van der Waals surface area (Å²) < 4.78 is 37.6. The Kier molecular flexibility index (Phi) is 3.71. The van der Waals surface area contributed by atoms with Crippen molar-refractivity contribution < 1.29 is 18.0 Å². The van der Waals surface area contributed by atoms with Crippen LogP contribution in [0.15, 0.2) is 6.20 Å². The fraction of sp³-hybridized carbons (Fsp3) is 0.636. The number of aromatic nitrogens is 1. The smallest absolute Gasteiger partial charge is 0.369 e. The van der Waals surface area contributed by atoms with Crippen LogP contribution in [0.4, 0.5) is 18.3 Å². The van der Waals surface area contributed by atoms with Crippen molar-refractivity contribution in [2.45, 2.75) is 32.0 Å². The predicted molar refractivity (Wildman–Crippen MR) is 65.8 cm³/mol. The molecule has 8 heteroatoms. The summed E-state index contributed by atoms with van der Waals surface area (Å²) in [4.78, 5) is 16.0. The van der Waals surface area contributed by atoms with Crippen LogP contribution in [0.25, 0.3) is 0 Å². The van der Waals surface area contributed by atoms with E-state index in [1.165, 1.54) is 0 Å². The molecule has 1 aliphatic heterocycles. The summed E-state index contributed by atoms with van der Waals surface area (Å²) in [5.41, 5.74) is 5.26. The topological polar surface area (TPSA) is 59.2 Å². The zero-order chi connectivity index (χ0) is 14.2. The largest absolute Gasteiger partial charge is 0.427 e. The maximum atomic E-state index is 12.5. The minimum atomic E-state index is -4.38. The number of alkyl halides is 3. The molecule has 2 heterocycles. The van der Waals surface area contributed by atoms with Crippen molar-refractivity contribution in [2.75, 3.05) is 11.4 Å². The van der Waals surface area contributed by atoms with Gasteiger partial charge in [-0.25, -0.2) is 4.98 Å². The standard InChI is InChI=1S/C11H14F3N3OS/c1-6-2-3-7(9(15)18)5-17(6)10-16-4-8(19-10)11(12,13)14/h4,6-7H,2-3,5H2,1H3,(H2,15,18). The molecule has 1 fully saturated rings. The molecule has 1 aliphatic rings. The number of anilines is 1. The van der Waals surface area contributed by atoms with Crippen molar-refractivity contribution in [1.82, 2.24) is 4.98 Å². The van der Waals surface area contributed by atoms with Crippen LogP contribution in [-0.2, 0) is 11.0 Å². The summed E-state index contributed by atoms with van der Waals surface area (Å²) in [7, 11) is 0. The summed E-state index contributed by atoms with van der Waals surface area (Å²) in [6, 6.07) is 0.0582. The highest BCUT2D eigenvalue weighted by Crippen LogP contribution is 2.38.